The molecule has 0 amide bonds. The Hall–Kier alpha value is -0.0800. The van der Waals surface area contributed by atoms with E-state index >= 15 is 0 Å². The van der Waals surface area contributed by atoms with Gasteiger partial charge in [-0.15, -0.1) is 0 Å². The Morgan fingerprint density at radius 1 is 0.789 bits per heavy atom. The molecular formula is C17H37NO. The van der Waals surface area contributed by atoms with Gasteiger partial charge in [-0.05, 0) is 31.7 Å². The van der Waals surface area contributed by atoms with E-state index in [-0.39, 0.29) is 0 Å². The molecule has 0 heterocycles. The van der Waals surface area contributed by atoms with E-state index in [1.165, 1.54) is 70.6 Å². The fraction of sp³-hybridized carbons (Fsp3) is 1.00. The van der Waals surface area contributed by atoms with Gasteiger partial charge in [0.2, 0.25) is 0 Å². The zero-order chi connectivity index (χ0) is 14.2. The molecule has 2 N–H and O–H groups in total. The van der Waals surface area contributed by atoms with E-state index in [1.54, 1.807) is 0 Å². The van der Waals surface area contributed by atoms with Gasteiger partial charge in [-0.2, -0.15) is 0 Å². The molecule has 0 aliphatic heterocycles. The molecule has 19 heavy (non-hydrogen) atoms. The zero-order valence-corrected chi connectivity index (χ0v) is 13.5. The van der Waals surface area contributed by atoms with Crippen LogP contribution in [-0.4, -0.2) is 19.8 Å². The quantitative estimate of drug-likeness (QED) is 0.430. The molecular weight excluding hydrogens is 234 g/mol. The van der Waals surface area contributed by atoms with Crippen molar-refractivity contribution in [3.63, 3.8) is 0 Å². The molecule has 0 radical (unpaired) electrons. The number of hydrogen-bond donors (Lipinski definition) is 1. The number of hydrogen-bond acceptors (Lipinski definition) is 2. The molecule has 0 saturated carbocycles. The molecule has 0 saturated heterocycles. The van der Waals surface area contributed by atoms with Crippen molar-refractivity contribution in [3.8, 4) is 0 Å². The summed E-state index contributed by atoms with van der Waals surface area (Å²) in [6.07, 6.45) is 14.4. The highest BCUT2D eigenvalue weighted by Gasteiger charge is 2.04. The third-order valence-corrected chi connectivity index (χ3v) is 3.95. The van der Waals surface area contributed by atoms with Crippen LogP contribution >= 0.6 is 0 Å². The Labute approximate surface area is 121 Å². The normalized spacial score (nSPS) is 12.8. The first-order chi connectivity index (χ1) is 9.35. The summed E-state index contributed by atoms with van der Waals surface area (Å²) in [6, 6.07) is 0. The molecule has 0 spiro atoms. The summed E-state index contributed by atoms with van der Waals surface area (Å²) in [5, 5.41) is 0. The maximum absolute atomic E-state index is 5.67. The van der Waals surface area contributed by atoms with Gasteiger partial charge in [0.15, 0.2) is 0 Å². The van der Waals surface area contributed by atoms with Gasteiger partial charge in [0, 0.05) is 13.2 Å². The van der Waals surface area contributed by atoms with Gasteiger partial charge in [-0.1, -0.05) is 65.2 Å². The zero-order valence-electron chi connectivity index (χ0n) is 13.5. The van der Waals surface area contributed by atoms with Crippen LogP contribution in [0.25, 0.3) is 0 Å². The van der Waals surface area contributed by atoms with Crippen LogP contribution < -0.4 is 5.73 Å². The van der Waals surface area contributed by atoms with Gasteiger partial charge < -0.3 is 10.5 Å². The van der Waals surface area contributed by atoms with E-state index in [4.69, 9.17) is 10.5 Å². The van der Waals surface area contributed by atoms with Crippen molar-refractivity contribution in [2.45, 2.75) is 84.5 Å². The van der Waals surface area contributed by atoms with Crippen LogP contribution in [0.3, 0.4) is 0 Å². The Bertz CT molecular complexity index is 161. The Morgan fingerprint density at radius 2 is 1.42 bits per heavy atom. The van der Waals surface area contributed by atoms with Crippen molar-refractivity contribution < 1.29 is 4.74 Å². The van der Waals surface area contributed by atoms with Crippen molar-refractivity contribution in [3.05, 3.63) is 0 Å². The van der Waals surface area contributed by atoms with Crippen LogP contribution in [-0.2, 0) is 4.74 Å². The van der Waals surface area contributed by atoms with Crippen molar-refractivity contribution in [2.24, 2.45) is 11.7 Å². The fourth-order valence-corrected chi connectivity index (χ4v) is 2.51. The highest BCUT2D eigenvalue weighted by Crippen LogP contribution is 2.16. The van der Waals surface area contributed by atoms with E-state index in [1.807, 2.05) is 0 Å². The molecule has 0 aliphatic carbocycles. The number of unbranched alkanes of at least 4 members (excludes halogenated alkanes) is 6. The third kappa shape index (κ3) is 14.1. The smallest absolute Gasteiger partial charge is 0.0466 e. The Balaban J connectivity index is 3.09. The summed E-state index contributed by atoms with van der Waals surface area (Å²) in [7, 11) is 0. The van der Waals surface area contributed by atoms with E-state index in [0.717, 1.165) is 25.7 Å². The van der Waals surface area contributed by atoms with Gasteiger partial charge >= 0.3 is 0 Å². The van der Waals surface area contributed by atoms with Crippen LogP contribution in [0.4, 0.5) is 0 Å². The SMILES string of the molecule is CCCCCCCOCCCCCC(CC)CCN. The van der Waals surface area contributed by atoms with Gasteiger partial charge in [-0.3, -0.25) is 0 Å². The van der Waals surface area contributed by atoms with Crippen molar-refractivity contribution in [2.75, 3.05) is 19.8 Å². The molecule has 1 atom stereocenters. The summed E-state index contributed by atoms with van der Waals surface area (Å²) < 4.78 is 5.67. The van der Waals surface area contributed by atoms with Crippen molar-refractivity contribution in [1.82, 2.24) is 0 Å². The largest absolute Gasteiger partial charge is 0.381 e. The topological polar surface area (TPSA) is 35.2 Å². The van der Waals surface area contributed by atoms with Crippen LogP contribution in [0.1, 0.15) is 84.5 Å². The number of ether oxygens (including phenoxy) is 1. The molecule has 0 aromatic heterocycles. The molecule has 116 valence electrons. The van der Waals surface area contributed by atoms with E-state index < -0.39 is 0 Å². The maximum Gasteiger partial charge on any atom is 0.0466 e. The van der Waals surface area contributed by atoms with E-state index in [9.17, 15) is 0 Å². The third-order valence-electron chi connectivity index (χ3n) is 3.95. The molecule has 0 aromatic rings. The lowest BCUT2D eigenvalue weighted by atomic mass is 9.95. The lowest BCUT2D eigenvalue weighted by Crippen LogP contribution is -2.08. The van der Waals surface area contributed by atoms with Crippen LogP contribution in [0.2, 0.25) is 0 Å². The molecule has 0 aliphatic rings. The standard InChI is InChI=1S/C17H37NO/c1-3-5-6-7-10-15-19-16-11-8-9-12-17(4-2)13-14-18/h17H,3-16,18H2,1-2H3. The minimum Gasteiger partial charge on any atom is -0.381 e. The first-order valence-corrected chi connectivity index (χ1v) is 8.62. The second-order valence-electron chi connectivity index (χ2n) is 5.73. The lowest BCUT2D eigenvalue weighted by Gasteiger charge is -2.13. The highest BCUT2D eigenvalue weighted by molar-refractivity contribution is 4.58. The summed E-state index contributed by atoms with van der Waals surface area (Å²) in [5.74, 6) is 0.851. The molecule has 2 nitrogen and oxygen atoms in total. The van der Waals surface area contributed by atoms with Crippen LogP contribution in [0, 0.1) is 5.92 Å². The maximum atomic E-state index is 5.67. The summed E-state index contributed by atoms with van der Waals surface area (Å²) in [4.78, 5) is 0. The van der Waals surface area contributed by atoms with Gasteiger partial charge in [0.1, 0.15) is 0 Å². The Morgan fingerprint density at radius 3 is 2.00 bits per heavy atom. The first-order valence-electron chi connectivity index (χ1n) is 8.62. The molecule has 0 aromatic carbocycles. The second kappa shape index (κ2) is 16.0. The van der Waals surface area contributed by atoms with Crippen LogP contribution in [0.15, 0.2) is 0 Å². The minimum atomic E-state index is 0.847. The predicted molar refractivity (Wildman–Crippen MR) is 85.5 cm³/mol. The summed E-state index contributed by atoms with van der Waals surface area (Å²) >= 11 is 0. The monoisotopic (exact) mass is 271 g/mol. The average Bonchev–Trinajstić information content (AvgIpc) is 2.43. The van der Waals surface area contributed by atoms with Crippen molar-refractivity contribution >= 4 is 0 Å². The van der Waals surface area contributed by atoms with Gasteiger partial charge in [-0.25, -0.2) is 0 Å². The Kier molecular flexibility index (Phi) is 15.9. The molecule has 0 bridgehead atoms. The van der Waals surface area contributed by atoms with E-state index in [2.05, 4.69) is 13.8 Å². The van der Waals surface area contributed by atoms with Crippen LogP contribution in [0.5, 0.6) is 0 Å². The molecule has 2 heteroatoms. The van der Waals surface area contributed by atoms with Crippen molar-refractivity contribution in [1.29, 1.82) is 0 Å². The first kappa shape index (κ1) is 18.9. The summed E-state index contributed by atoms with van der Waals surface area (Å²) in [5.41, 5.74) is 5.61. The predicted octanol–water partition coefficient (Wildman–Crippen LogP) is 4.91. The fourth-order valence-electron chi connectivity index (χ4n) is 2.51. The lowest BCUT2D eigenvalue weighted by molar-refractivity contribution is 0.125. The van der Waals surface area contributed by atoms with Gasteiger partial charge in [0.25, 0.3) is 0 Å². The van der Waals surface area contributed by atoms with Gasteiger partial charge in [0.05, 0.1) is 0 Å². The number of rotatable bonds is 15. The van der Waals surface area contributed by atoms with E-state index in [0.29, 0.717) is 0 Å². The minimum absolute atomic E-state index is 0.847. The number of nitrogens with two attached hydrogens (primary N) is 1. The summed E-state index contributed by atoms with van der Waals surface area (Å²) in [6.45, 7) is 7.31. The molecule has 0 rings (SSSR count). The molecule has 1 unspecified atom stereocenters. The highest BCUT2D eigenvalue weighted by atomic mass is 16.5. The average molecular weight is 271 g/mol. The molecule has 0 fully saturated rings. The second-order valence-corrected chi connectivity index (χ2v) is 5.73.